The van der Waals surface area contributed by atoms with Gasteiger partial charge in [-0.3, -0.25) is 10.1 Å². The molecule has 0 saturated carbocycles. The second kappa shape index (κ2) is 4.16. The molecule has 1 aromatic carbocycles. The minimum Gasteiger partial charge on any atom is -0.473 e. The van der Waals surface area contributed by atoms with E-state index in [1.165, 1.54) is 0 Å². The Morgan fingerprint density at radius 2 is 2.06 bits per heavy atom. The summed E-state index contributed by atoms with van der Waals surface area (Å²) in [4.78, 5) is 15.0. The Bertz CT molecular complexity index is 454. The average Bonchev–Trinajstić information content (AvgIpc) is 2.60. The fourth-order valence-electron chi connectivity index (χ4n) is 1.74. The minimum atomic E-state index is -1.00. The number of nitro groups is 1. The van der Waals surface area contributed by atoms with Crippen LogP contribution in [0.15, 0.2) is 35.3 Å². The van der Waals surface area contributed by atoms with Crippen LogP contribution in [-0.2, 0) is 4.74 Å². The molecule has 90 valence electrons. The third-order valence-electron chi connectivity index (χ3n) is 2.55. The van der Waals surface area contributed by atoms with Crippen molar-refractivity contribution in [2.75, 3.05) is 6.61 Å². The summed E-state index contributed by atoms with van der Waals surface area (Å²) in [5.41, 5.74) is 0.215. The van der Waals surface area contributed by atoms with E-state index in [1.807, 2.05) is 19.9 Å². The number of ether oxygens (including phenoxy) is 1. The predicted molar refractivity (Wildman–Crippen MR) is 63.6 cm³/mol. The van der Waals surface area contributed by atoms with Gasteiger partial charge in [-0.05, 0) is 13.8 Å². The predicted octanol–water partition coefficient (Wildman–Crippen LogP) is 2.21. The molecule has 0 fully saturated rings. The fraction of sp³-hybridized carbons (Fsp3) is 0.417. The smallest absolute Gasteiger partial charge is 0.311 e. The molecule has 1 heterocycles. The van der Waals surface area contributed by atoms with Gasteiger partial charge in [0, 0.05) is 10.5 Å². The van der Waals surface area contributed by atoms with Crippen molar-refractivity contribution in [2.24, 2.45) is 4.99 Å². The lowest BCUT2D eigenvalue weighted by Crippen LogP contribution is -2.21. The minimum absolute atomic E-state index is 0.200. The second-order valence-electron chi connectivity index (χ2n) is 4.65. The summed E-state index contributed by atoms with van der Waals surface area (Å²) in [7, 11) is 0. The number of rotatable bonds is 3. The van der Waals surface area contributed by atoms with Crippen molar-refractivity contribution < 1.29 is 9.66 Å². The summed E-state index contributed by atoms with van der Waals surface area (Å²) in [5, 5.41) is 11.1. The molecule has 0 aliphatic carbocycles. The molecule has 17 heavy (non-hydrogen) atoms. The van der Waals surface area contributed by atoms with Crippen LogP contribution in [0.4, 0.5) is 0 Å². The zero-order valence-corrected chi connectivity index (χ0v) is 9.79. The third-order valence-corrected chi connectivity index (χ3v) is 2.55. The lowest BCUT2D eigenvalue weighted by atomic mass is 10.1. The van der Waals surface area contributed by atoms with Gasteiger partial charge in [-0.25, -0.2) is 4.99 Å². The van der Waals surface area contributed by atoms with E-state index in [2.05, 4.69) is 4.99 Å². The summed E-state index contributed by atoms with van der Waals surface area (Å²) >= 11 is 0. The molecule has 0 spiro atoms. The van der Waals surface area contributed by atoms with Gasteiger partial charge in [-0.1, -0.05) is 30.3 Å². The zero-order valence-electron chi connectivity index (χ0n) is 9.79. The quantitative estimate of drug-likeness (QED) is 0.595. The van der Waals surface area contributed by atoms with Crippen LogP contribution in [0.2, 0.25) is 0 Å². The zero-order chi connectivity index (χ0) is 12.5. The molecule has 2 rings (SSSR count). The van der Waals surface area contributed by atoms with Gasteiger partial charge in [-0.2, -0.15) is 0 Å². The summed E-state index contributed by atoms with van der Waals surface area (Å²) in [6.07, 6.45) is 0. The molecule has 1 aliphatic rings. The third kappa shape index (κ3) is 2.43. The Kier molecular flexibility index (Phi) is 2.83. The molecule has 5 heteroatoms. The number of nitrogens with zero attached hydrogens (tertiary/aromatic N) is 2. The first kappa shape index (κ1) is 11.6. The summed E-state index contributed by atoms with van der Waals surface area (Å²) in [5.74, 6) is 0.200. The average molecular weight is 234 g/mol. The van der Waals surface area contributed by atoms with E-state index in [9.17, 15) is 10.1 Å². The van der Waals surface area contributed by atoms with Crippen molar-refractivity contribution in [3.63, 3.8) is 0 Å². The highest BCUT2D eigenvalue weighted by atomic mass is 16.6. The standard InChI is InChI=1S/C12H14N2O3/c1-12(2)8-17-11(13-12)10(14(15)16)9-6-4-3-5-7-9/h3-7,10H,8H2,1-2H3. The van der Waals surface area contributed by atoms with Crippen molar-refractivity contribution >= 4 is 5.90 Å². The number of benzene rings is 1. The molecule has 1 aromatic rings. The topological polar surface area (TPSA) is 64.7 Å². The van der Waals surface area contributed by atoms with Gasteiger partial charge < -0.3 is 4.74 Å². The molecule has 1 aliphatic heterocycles. The molecule has 0 amide bonds. The fourth-order valence-corrected chi connectivity index (χ4v) is 1.74. The first-order chi connectivity index (χ1) is 7.99. The maximum atomic E-state index is 11.1. The normalized spacial score (nSPS) is 19.3. The SMILES string of the molecule is CC1(C)COC(C(c2ccccc2)[N+](=O)[O-])=N1. The van der Waals surface area contributed by atoms with E-state index in [0.29, 0.717) is 12.2 Å². The van der Waals surface area contributed by atoms with E-state index in [-0.39, 0.29) is 16.4 Å². The van der Waals surface area contributed by atoms with Crippen LogP contribution in [0.5, 0.6) is 0 Å². The first-order valence-corrected chi connectivity index (χ1v) is 5.40. The summed E-state index contributed by atoms with van der Waals surface area (Å²) in [6, 6.07) is 7.79. The van der Waals surface area contributed by atoms with Crippen molar-refractivity contribution in [2.45, 2.75) is 25.4 Å². The van der Waals surface area contributed by atoms with Gasteiger partial charge in [0.15, 0.2) is 0 Å². The Hall–Kier alpha value is -1.91. The first-order valence-electron chi connectivity index (χ1n) is 5.40. The molecule has 1 unspecified atom stereocenters. The van der Waals surface area contributed by atoms with Gasteiger partial charge in [-0.15, -0.1) is 0 Å². The van der Waals surface area contributed by atoms with E-state index in [4.69, 9.17) is 4.74 Å². The molecular formula is C12H14N2O3. The van der Waals surface area contributed by atoms with Crippen LogP contribution in [0.25, 0.3) is 0 Å². The number of hydrogen-bond donors (Lipinski definition) is 0. The number of aliphatic imine (C=N–C) groups is 1. The van der Waals surface area contributed by atoms with Gasteiger partial charge in [0.1, 0.15) is 6.61 Å². The Balaban J connectivity index is 2.35. The van der Waals surface area contributed by atoms with E-state index < -0.39 is 6.04 Å². The van der Waals surface area contributed by atoms with Crippen LogP contribution < -0.4 is 0 Å². The van der Waals surface area contributed by atoms with Crippen molar-refractivity contribution in [1.29, 1.82) is 0 Å². The van der Waals surface area contributed by atoms with Gasteiger partial charge in [0.2, 0.25) is 0 Å². The lowest BCUT2D eigenvalue weighted by Gasteiger charge is -2.08. The highest BCUT2D eigenvalue weighted by molar-refractivity contribution is 5.83. The van der Waals surface area contributed by atoms with Crippen LogP contribution in [0.1, 0.15) is 25.5 Å². The molecule has 1 atom stereocenters. The van der Waals surface area contributed by atoms with Gasteiger partial charge >= 0.3 is 6.04 Å². The van der Waals surface area contributed by atoms with E-state index in [1.54, 1.807) is 24.3 Å². The van der Waals surface area contributed by atoms with E-state index >= 15 is 0 Å². The molecule has 5 nitrogen and oxygen atoms in total. The monoisotopic (exact) mass is 234 g/mol. The van der Waals surface area contributed by atoms with Crippen LogP contribution >= 0.6 is 0 Å². The second-order valence-corrected chi connectivity index (χ2v) is 4.65. The van der Waals surface area contributed by atoms with Crippen LogP contribution in [0, 0.1) is 10.1 Å². The van der Waals surface area contributed by atoms with Crippen molar-refractivity contribution in [3.05, 3.63) is 46.0 Å². The highest BCUT2D eigenvalue weighted by Gasteiger charge is 2.38. The summed E-state index contributed by atoms with van der Waals surface area (Å²) in [6.45, 7) is 4.17. The Morgan fingerprint density at radius 1 is 1.41 bits per heavy atom. The molecule has 0 aromatic heterocycles. The Labute approximate surface area is 99.3 Å². The molecule has 0 radical (unpaired) electrons. The van der Waals surface area contributed by atoms with Crippen LogP contribution in [-0.4, -0.2) is 23.0 Å². The van der Waals surface area contributed by atoms with Crippen molar-refractivity contribution in [1.82, 2.24) is 0 Å². The van der Waals surface area contributed by atoms with Gasteiger partial charge in [0.25, 0.3) is 5.90 Å². The largest absolute Gasteiger partial charge is 0.473 e. The molecule has 0 N–H and O–H groups in total. The van der Waals surface area contributed by atoms with Gasteiger partial charge in [0.05, 0.1) is 5.54 Å². The maximum absolute atomic E-state index is 11.1. The molecule has 0 bridgehead atoms. The van der Waals surface area contributed by atoms with Crippen molar-refractivity contribution in [3.8, 4) is 0 Å². The summed E-state index contributed by atoms with van der Waals surface area (Å²) < 4.78 is 5.35. The highest BCUT2D eigenvalue weighted by Crippen LogP contribution is 2.26. The lowest BCUT2D eigenvalue weighted by molar-refractivity contribution is -0.510. The maximum Gasteiger partial charge on any atom is 0.311 e. The molecule has 0 saturated heterocycles. The van der Waals surface area contributed by atoms with E-state index in [0.717, 1.165) is 0 Å². The molecular weight excluding hydrogens is 220 g/mol. The number of hydrogen-bond acceptors (Lipinski definition) is 4. The Morgan fingerprint density at radius 3 is 2.53 bits per heavy atom. The van der Waals surface area contributed by atoms with Crippen LogP contribution in [0.3, 0.4) is 0 Å².